The van der Waals surface area contributed by atoms with Crippen LogP contribution < -0.4 is 20.9 Å². The van der Waals surface area contributed by atoms with E-state index >= 15 is 0 Å². The summed E-state index contributed by atoms with van der Waals surface area (Å²) in [6.07, 6.45) is -4.77. The number of nitrogens with one attached hydrogen (secondary N) is 3. The maximum absolute atomic E-state index is 13.9. The third-order valence-electron chi connectivity index (χ3n) is 5.31. The van der Waals surface area contributed by atoms with Crippen molar-refractivity contribution in [2.24, 2.45) is 5.41 Å². The number of halogens is 4. The number of morpholine rings is 1. The van der Waals surface area contributed by atoms with Crippen LogP contribution in [0.25, 0.3) is 0 Å². The Balaban J connectivity index is 1.79. The molecule has 202 valence electrons. The third-order valence-corrected chi connectivity index (χ3v) is 6.54. The molecule has 3 N–H and O–H groups in total. The van der Waals surface area contributed by atoms with Crippen LogP contribution in [-0.4, -0.2) is 56.6 Å². The van der Waals surface area contributed by atoms with E-state index in [1.54, 1.807) is 12.1 Å². The van der Waals surface area contributed by atoms with E-state index in [1.807, 2.05) is 20.8 Å². The Kier molecular flexibility index (Phi) is 9.22. The number of rotatable bonds is 8. The van der Waals surface area contributed by atoms with E-state index in [1.165, 1.54) is 6.07 Å². The molecule has 0 radical (unpaired) electrons. The number of nitrogens with zero attached hydrogens (tertiary/aromatic N) is 1. The molecule has 8 nitrogen and oxygen atoms in total. The highest BCUT2D eigenvalue weighted by Crippen LogP contribution is 2.38. The fourth-order valence-corrected chi connectivity index (χ4v) is 4.44. The summed E-state index contributed by atoms with van der Waals surface area (Å²) in [5.74, 6) is -1.63. The molecule has 3 rings (SSSR count). The minimum Gasteiger partial charge on any atom is -0.370 e. The predicted octanol–water partition coefficient (Wildman–Crippen LogP) is 4.16. The van der Waals surface area contributed by atoms with Crippen LogP contribution >= 0.6 is 22.9 Å². The Morgan fingerprint density at radius 3 is 2.51 bits per heavy atom. The van der Waals surface area contributed by atoms with Crippen LogP contribution in [0.4, 0.5) is 24.5 Å². The lowest BCUT2D eigenvalue weighted by Crippen LogP contribution is -2.50. The normalized spacial score (nSPS) is 15.4. The molecular formula is C24H28ClF3N4O4S. The summed E-state index contributed by atoms with van der Waals surface area (Å²) < 4.78 is 47.1. The number of amides is 3. The molecule has 1 fully saturated rings. The largest absolute Gasteiger partial charge is 0.418 e. The lowest BCUT2D eigenvalue weighted by atomic mass is 9.96. The van der Waals surface area contributed by atoms with Crippen molar-refractivity contribution in [2.45, 2.75) is 33.0 Å². The number of ether oxygens (including phenoxy) is 1. The van der Waals surface area contributed by atoms with Gasteiger partial charge in [-0.2, -0.15) is 13.2 Å². The summed E-state index contributed by atoms with van der Waals surface area (Å²) >= 11 is 6.96. The first kappa shape index (κ1) is 28.9. The van der Waals surface area contributed by atoms with Crippen molar-refractivity contribution in [3.05, 3.63) is 45.1 Å². The first-order chi connectivity index (χ1) is 17.2. The molecule has 1 atom stereocenters. The number of benzene rings is 1. The minimum atomic E-state index is -4.77. The Morgan fingerprint density at radius 1 is 1.19 bits per heavy atom. The summed E-state index contributed by atoms with van der Waals surface area (Å²) in [4.78, 5) is 39.0. The molecule has 13 heteroatoms. The molecule has 0 unspecified atom stereocenters. The molecule has 0 spiro atoms. The SMILES string of the molecule is CC(C)(C)CN[C@H](CNC(=O)c1ccc(Cl)s1)C(=O)Nc1ccc(N2CCOCC2=O)c(C(F)(F)F)c1. The zero-order valence-corrected chi connectivity index (χ0v) is 22.1. The Hall–Kier alpha value is -2.67. The molecule has 1 saturated heterocycles. The molecule has 1 aromatic heterocycles. The molecule has 1 aromatic carbocycles. The van der Waals surface area contributed by atoms with Gasteiger partial charge in [0.2, 0.25) is 5.91 Å². The number of alkyl halides is 3. The van der Waals surface area contributed by atoms with Crippen LogP contribution in [0.5, 0.6) is 0 Å². The van der Waals surface area contributed by atoms with Gasteiger partial charge in [-0.1, -0.05) is 32.4 Å². The van der Waals surface area contributed by atoms with Gasteiger partial charge in [0.15, 0.2) is 0 Å². The molecule has 0 bridgehead atoms. The van der Waals surface area contributed by atoms with Crippen molar-refractivity contribution >= 4 is 52.0 Å². The average molecular weight is 561 g/mol. The molecule has 0 aliphatic carbocycles. The predicted molar refractivity (Wildman–Crippen MR) is 136 cm³/mol. The highest BCUT2D eigenvalue weighted by atomic mass is 35.5. The van der Waals surface area contributed by atoms with Crippen LogP contribution in [0, 0.1) is 5.41 Å². The summed E-state index contributed by atoms with van der Waals surface area (Å²) in [5, 5.41) is 8.23. The van der Waals surface area contributed by atoms with Crippen LogP contribution in [0.1, 0.15) is 36.0 Å². The molecule has 1 aliphatic rings. The van der Waals surface area contributed by atoms with E-state index in [-0.39, 0.29) is 43.1 Å². The van der Waals surface area contributed by atoms with E-state index < -0.39 is 35.5 Å². The van der Waals surface area contributed by atoms with Gasteiger partial charge in [0.25, 0.3) is 11.8 Å². The van der Waals surface area contributed by atoms with Gasteiger partial charge < -0.3 is 25.6 Å². The quantitative estimate of drug-likeness (QED) is 0.450. The van der Waals surface area contributed by atoms with Gasteiger partial charge in [0.05, 0.1) is 27.1 Å². The lowest BCUT2D eigenvalue weighted by Gasteiger charge is -2.29. The Labute approximate surface area is 221 Å². The molecule has 2 heterocycles. The van der Waals surface area contributed by atoms with E-state index in [2.05, 4.69) is 16.0 Å². The van der Waals surface area contributed by atoms with E-state index in [0.717, 1.165) is 28.4 Å². The number of carbonyl (C=O) groups excluding carboxylic acids is 3. The molecule has 37 heavy (non-hydrogen) atoms. The van der Waals surface area contributed by atoms with Crippen LogP contribution in [0.3, 0.4) is 0 Å². The van der Waals surface area contributed by atoms with Gasteiger partial charge in [-0.25, -0.2) is 0 Å². The second kappa shape index (κ2) is 11.8. The Morgan fingerprint density at radius 2 is 1.92 bits per heavy atom. The fraction of sp³-hybridized carbons (Fsp3) is 0.458. The average Bonchev–Trinajstić information content (AvgIpc) is 3.24. The van der Waals surface area contributed by atoms with Crippen molar-refractivity contribution in [3.8, 4) is 0 Å². The summed E-state index contributed by atoms with van der Waals surface area (Å²) in [7, 11) is 0. The standard InChI is InChI=1S/C24H28ClF3N4O4S/c1-23(2,3)13-30-16(11-29-22(35)18-6-7-19(25)37-18)21(34)31-14-4-5-17(15(10-14)24(26,27)28)32-8-9-36-12-20(32)33/h4-7,10,16,30H,8-9,11-13H2,1-3H3,(H,29,35)(H,31,34)/t16-/m1/s1. The number of anilines is 2. The number of hydrogen-bond donors (Lipinski definition) is 3. The monoisotopic (exact) mass is 560 g/mol. The Bertz CT molecular complexity index is 1150. The molecule has 0 saturated carbocycles. The first-order valence-corrected chi connectivity index (χ1v) is 12.6. The van der Waals surface area contributed by atoms with Crippen molar-refractivity contribution in [1.29, 1.82) is 0 Å². The maximum Gasteiger partial charge on any atom is 0.418 e. The van der Waals surface area contributed by atoms with E-state index in [4.69, 9.17) is 16.3 Å². The van der Waals surface area contributed by atoms with Crippen molar-refractivity contribution < 1.29 is 32.3 Å². The first-order valence-electron chi connectivity index (χ1n) is 11.4. The second-order valence-electron chi connectivity index (χ2n) is 9.62. The molecule has 3 amide bonds. The fourth-order valence-electron chi connectivity index (χ4n) is 3.48. The van der Waals surface area contributed by atoms with Crippen LogP contribution in [-0.2, 0) is 20.5 Å². The number of thiophene rings is 1. The van der Waals surface area contributed by atoms with Gasteiger partial charge in [-0.05, 0) is 35.7 Å². The van der Waals surface area contributed by atoms with Crippen LogP contribution in [0.15, 0.2) is 30.3 Å². The lowest BCUT2D eigenvalue weighted by molar-refractivity contribution is -0.137. The van der Waals surface area contributed by atoms with E-state index in [9.17, 15) is 27.6 Å². The van der Waals surface area contributed by atoms with Crippen LogP contribution in [0.2, 0.25) is 4.34 Å². The number of hydrogen-bond acceptors (Lipinski definition) is 6. The van der Waals surface area contributed by atoms with Gasteiger partial charge in [-0.3, -0.25) is 14.4 Å². The van der Waals surface area contributed by atoms with Crippen molar-refractivity contribution in [3.63, 3.8) is 0 Å². The van der Waals surface area contributed by atoms with Gasteiger partial charge in [0, 0.05) is 25.3 Å². The van der Waals surface area contributed by atoms with Gasteiger partial charge in [0.1, 0.15) is 12.6 Å². The number of carbonyl (C=O) groups is 3. The molecule has 1 aliphatic heterocycles. The summed E-state index contributed by atoms with van der Waals surface area (Å²) in [6, 6.07) is 5.45. The molecule has 2 aromatic rings. The molecular weight excluding hydrogens is 533 g/mol. The zero-order chi connectivity index (χ0) is 27.4. The second-order valence-corrected chi connectivity index (χ2v) is 11.3. The zero-order valence-electron chi connectivity index (χ0n) is 20.5. The smallest absolute Gasteiger partial charge is 0.370 e. The van der Waals surface area contributed by atoms with E-state index in [0.29, 0.717) is 15.8 Å². The minimum absolute atomic E-state index is 0.0123. The highest BCUT2D eigenvalue weighted by molar-refractivity contribution is 7.18. The maximum atomic E-state index is 13.9. The summed E-state index contributed by atoms with van der Waals surface area (Å²) in [6.45, 7) is 5.93. The van der Waals surface area contributed by atoms with Gasteiger partial charge in [-0.15, -0.1) is 11.3 Å². The van der Waals surface area contributed by atoms with Crippen molar-refractivity contribution in [2.75, 3.05) is 43.1 Å². The van der Waals surface area contributed by atoms with Gasteiger partial charge >= 0.3 is 6.18 Å². The highest BCUT2D eigenvalue weighted by Gasteiger charge is 2.37. The third kappa shape index (κ3) is 8.16. The topological polar surface area (TPSA) is 99.8 Å². The van der Waals surface area contributed by atoms with Crippen molar-refractivity contribution in [1.82, 2.24) is 10.6 Å². The summed E-state index contributed by atoms with van der Waals surface area (Å²) in [5.41, 5.74) is -1.66.